The molecule has 1 aliphatic rings. The van der Waals surface area contributed by atoms with Crippen LogP contribution in [0, 0.1) is 16.7 Å². The first-order valence-corrected chi connectivity index (χ1v) is 6.49. The Hall–Kier alpha value is -1.90. The largest absolute Gasteiger partial charge is 0.389 e. The fraction of sp³-hybridized carbons (Fsp3) is 0.467. The minimum Gasteiger partial charge on any atom is -0.389 e. The van der Waals surface area contributed by atoms with E-state index in [2.05, 4.69) is 19.0 Å². The molecule has 2 rings (SSSR count). The summed E-state index contributed by atoms with van der Waals surface area (Å²) in [6, 6.07) is 11.2. The molecule has 0 atom stereocenters. The van der Waals surface area contributed by atoms with E-state index in [1.54, 1.807) is 0 Å². The lowest BCUT2D eigenvalue weighted by Gasteiger charge is -2.33. The lowest BCUT2D eigenvalue weighted by Crippen LogP contribution is -2.39. The van der Waals surface area contributed by atoms with E-state index in [1.807, 2.05) is 36.4 Å². The summed E-state index contributed by atoms with van der Waals surface area (Å²) >= 11 is 0. The number of oxime groups is 1. The van der Waals surface area contributed by atoms with Crippen molar-refractivity contribution in [2.75, 3.05) is 19.8 Å². The van der Waals surface area contributed by atoms with Gasteiger partial charge in [0.15, 0.2) is 18.6 Å². The zero-order valence-corrected chi connectivity index (χ0v) is 11.7. The highest BCUT2D eigenvalue weighted by Gasteiger charge is 2.28. The summed E-state index contributed by atoms with van der Waals surface area (Å²) in [5.41, 5.74) is 0.991. The third-order valence-electron chi connectivity index (χ3n) is 2.84. The van der Waals surface area contributed by atoms with E-state index in [9.17, 15) is 0 Å². The molecule has 1 aromatic carbocycles. The summed E-state index contributed by atoms with van der Waals surface area (Å²) in [7, 11) is 0. The highest BCUT2D eigenvalue weighted by Crippen LogP contribution is 2.22. The van der Waals surface area contributed by atoms with Gasteiger partial charge < -0.3 is 14.3 Å². The Bertz CT molecular complexity index is 496. The molecule has 20 heavy (non-hydrogen) atoms. The molecular formula is C15H18N2O3. The fourth-order valence-corrected chi connectivity index (χ4v) is 1.72. The van der Waals surface area contributed by atoms with Crippen molar-refractivity contribution < 1.29 is 14.3 Å². The van der Waals surface area contributed by atoms with Crippen molar-refractivity contribution in [2.24, 2.45) is 10.6 Å². The minimum atomic E-state index is -0.428. The average molecular weight is 274 g/mol. The van der Waals surface area contributed by atoms with Crippen molar-refractivity contribution in [1.82, 2.24) is 0 Å². The van der Waals surface area contributed by atoms with Crippen molar-refractivity contribution >= 4 is 5.71 Å². The van der Waals surface area contributed by atoms with Crippen LogP contribution in [0.4, 0.5) is 0 Å². The average Bonchev–Trinajstić information content (AvgIpc) is 2.46. The maximum atomic E-state index is 9.06. The van der Waals surface area contributed by atoms with Crippen LogP contribution in [-0.4, -0.2) is 31.8 Å². The summed E-state index contributed by atoms with van der Waals surface area (Å²) in [5.74, 6) is 0. The maximum Gasteiger partial charge on any atom is 0.194 e. The number of nitriles is 1. The molecule has 1 aliphatic heterocycles. The molecule has 0 radical (unpaired) electrons. The molecule has 0 spiro atoms. The molecule has 0 aromatic heterocycles. The van der Waals surface area contributed by atoms with Crippen LogP contribution >= 0.6 is 0 Å². The summed E-state index contributed by atoms with van der Waals surface area (Å²) in [6.07, 6.45) is -0.428. The van der Waals surface area contributed by atoms with E-state index < -0.39 is 6.29 Å². The third kappa shape index (κ3) is 4.05. The second kappa shape index (κ2) is 6.51. The van der Waals surface area contributed by atoms with E-state index in [1.165, 1.54) is 0 Å². The Labute approximate surface area is 118 Å². The van der Waals surface area contributed by atoms with Gasteiger partial charge >= 0.3 is 0 Å². The standard InChI is InChI=1S/C15H18N2O3/c1-15(2)10-18-14(19-11-15)9-20-17-13(8-16)12-6-4-3-5-7-12/h3-7,14H,9-11H2,1-2H3. The Kier molecular flexibility index (Phi) is 4.72. The van der Waals surface area contributed by atoms with Gasteiger partial charge in [-0.3, -0.25) is 0 Å². The number of rotatable bonds is 4. The lowest BCUT2D eigenvalue weighted by atomic mass is 9.96. The molecule has 0 unspecified atom stereocenters. The Morgan fingerprint density at radius 3 is 2.60 bits per heavy atom. The van der Waals surface area contributed by atoms with Gasteiger partial charge in [-0.15, -0.1) is 0 Å². The second-order valence-electron chi connectivity index (χ2n) is 5.43. The van der Waals surface area contributed by atoms with Gasteiger partial charge in [0, 0.05) is 11.0 Å². The van der Waals surface area contributed by atoms with Gasteiger partial charge in [-0.2, -0.15) is 5.26 Å². The third-order valence-corrected chi connectivity index (χ3v) is 2.84. The zero-order chi connectivity index (χ0) is 14.4. The topological polar surface area (TPSA) is 63.8 Å². The molecule has 0 N–H and O–H groups in total. The lowest BCUT2D eigenvalue weighted by molar-refractivity contribution is -0.239. The van der Waals surface area contributed by atoms with Gasteiger partial charge in [-0.1, -0.05) is 49.3 Å². The molecule has 0 aliphatic carbocycles. The molecule has 1 aromatic rings. The van der Waals surface area contributed by atoms with E-state index in [0.29, 0.717) is 13.2 Å². The van der Waals surface area contributed by atoms with E-state index in [-0.39, 0.29) is 17.7 Å². The fourth-order valence-electron chi connectivity index (χ4n) is 1.72. The van der Waals surface area contributed by atoms with Crippen molar-refractivity contribution in [2.45, 2.75) is 20.1 Å². The predicted molar refractivity (Wildman–Crippen MR) is 74.0 cm³/mol. The summed E-state index contributed by atoms with van der Waals surface area (Å²) in [6.45, 7) is 5.56. The van der Waals surface area contributed by atoms with Crippen molar-refractivity contribution in [1.29, 1.82) is 5.26 Å². The van der Waals surface area contributed by atoms with Gasteiger partial charge in [-0.25, -0.2) is 0 Å². The van der Waals surface area contributed by atoms with Crippen LogP contribution in [0.5, 0.6) is 0 Å². The monoisotopic (exact) mass is 274 g/mol. The number of hydrogen-bond donors (Lipinski definition) is 0. The molecule has 5 heteroatoms. The highest BCUT2D eigenvalue weighted by molar-refractivity contribution is 6.11. The van der Waals surface area contributed by atoms with Crippen LogP contribution in [0.1, 0.15) is 19.4 Å². The Morgan fingerprint density at radius 2 is 2.00 bits per heavy atom. The number of nitrogens with zero attached hydrogens (tertiary/aromatic N) is 2. The van der Waals surface area contributed by atoms with E-state index in [0.717, 1.165) is 5.56 Å². The van der Waals surface area contributed by atoms with Gasteiger partial charge in [-0.05, 0) is 0 Å². The Morgan fingerprint density at radius 1 is 1.35 bits per heavy atom. The molecule has 0 saturated carbocycles. The number of hydrogen-bond acceptors (Lipinski definition) is 5. The quantitative estimate of drug-likeness (QED) is 0.624. The minimum absolute atomic E-state index is 0.0294. The van der Waals surface area contributed by atoms with Crippen LogP contribution in [0.2, 0.25) is 0 Å². The molecule has 1 fully saturated rings. The molecule has 106 valence electrons. The smallest absolute Gasteiger partial charge is 0.194 e. The number of benzene rings is 1. The number of ether oxygens (including phenoxy) is 2. The zero-order valence-electron chi connectivity index (χ0n) is 11.7. The van der Waals surface area contributed by atoms with Crippen molar-refractivity contribution in [3.63, 3.8) is 0 Å². The maximum absolute atomic E-state index is 9.06. The summed E-state index contributed by atoms with van der Waals surface area (Å²) < 4.78 is 11.0. The molecular weight excluding hydrogens is 256 g/mol. The first kappa shape index (κ1) is 14.5. The van der Waals surface area contributed by atoms with E-state index >= 15 is 0 Å². The first-order chi connectivity index (χ1) is 9.61. The van der Waals surface area contributed by atoms with E-state index in [4.69, 9.17) is 19.6 Å². The van der Waals surface area contributed by atoms with Crippen molar-refractivity contribution in [3.8, 4) is 6.07 Å². The molecule has 1 heterocycles. The predicted octanol–water partition coefficient (Wildman–Crippen LogP) is 2.33. The first-order valence-electron chi connectivity index (χ1n) is 6.49. The normalized spacial score (nSPS) is 19.4. The second-order valence-corrected chi connectivity index (χ2v) is 5.43. The Balaban J connectivity index is 1.85. The van der Waals surface area contributed by atoms with Gasteiger partial charge in [0.25, 0.3) is 0 Å². The summed E-state index contributed by atoms with van der Waals surface area (Å²) in [5, 5.41) is 12.9. The van der Waals surface area contributed by atoms with Crippen LogP contribution in [0.3, 0.4) is 0 Å². The molecule has 5 nitrogen and oxygen atoms in total. The van der Waals surface area contributed by atoms with Crippen LogP contribution < -0.4 is 0 Å². The van der Waals surface area contributed by atoms with Crippen LogP contribution in [0.15, 0.2) is 35.5 Å². The van der Waals surface area contributed by atoms with Gasteiger partial charge in [0.05, 0.1) is 13.2 Å². The molecule has 0 amide bonds. The molecule has 0 bridgehead atoms. The van der Waals surface area contributed by atoms with Crippen molar-refractivity contribution in [3.05, 3.63) is 35.9 Å². The highest BCUT2D eigenvalue weighted by atomic mass is 16.7. The summed E-state index contributed by atoms with van der Waals surface area (Å²) in [4.78, 5) is 5.16. The van der Waals surface area contributed by atoms with Gasteiger partial charge in [0.1, 0.15) is 6.07 Å². The van der Waals surface area contributed by atoms with Crippen LogP contribution in [0.25, 0.3) is 0 Å². The SMILES string of the molecule is CC1(C)COC(CON=C(C#N)c2ccccc2)OC1. The molecule has 1 saturated heterocycles. The van der Waals surface area contributed by atoms with Crippen LogP contribution in [-0.2, 0) is 14.3 Å². The van der Waals surface area contributed by atoms with Gasteiger partial charge in [0.2, 0.25) is 0 Å².